The Hall–Kier alpha value is -1.93. The smallest absolute Gasteiger partial charge is 0.241 e. The Balaban J connectivity index is 1.69. The Labute approximate surface area is 155 Å². The minimum absolute atomic E-state index is 0.120. The largest absolute Gasteiger partial charge is 0.392 e. The summed E-state index contributed by atoms with van der Waals surface area (Å²) in [4.78, 5) is 29.3. The quantitative estimate of drug-likeness (QED) is 0.792. The zero-order valence-corrected chi connectivity index (χ0v) is 16.0. The van der Waals surface area contributed by atoms with Crippen LogP contribution in [0.3, 0.4) is 0 Å². The highest BCUT2D eigenvalue weighted by atomic mass is 16.3. The maximum Gasteiger partial charge on any atom is 0.241 e. The number of amides is 1. The lowest BCUT2D eigenvalue weighted by Gasteiger charge is -2.42. The van der Waals surface area contributed by atoms with Gasteiger partial charge in [0.1, 0.15) is 18.0 Å². The molecule has 0 aromatic carbocycles. The fourth-order valence-electron chi connectivity index (χ4n) is 3.71. The van der Waals surface area contributed by atoms with Crippen molar-refractivity contribution in [3.8, 4) is 0 Å². The second-order valence-electron chi connectivity index (χ2n) is 7.32. The number of hydrogen-bond donors (Lipinski definition) is 1. The van der Waals surface area contributed by atoms with E-state index in [-0.39, 0.29) is 12.0 Å². The molecular formula is C18H30N6O2. The topological polar surface area (TPSA) is 76.0 Å². The third-order valence-electron chi connectivity index (χ3n) is 5.32. The Kier molecular flexibility index (Phi) is 5.93. The first kappa shape index (κ1) is 18.8. The SMILES string of the molecule is CCC1CN(c2cc(N3CCN(C)C(=O)C3)ncn2)CCN1CC(C)O. The minimum Gasteiger partial charge on any atom is -0.392 e. The fraction of sp³-hybridized carbons (Fsp3) is 0.722. The van der Waals surface area contributed by atoms with Gasteiger partial charge in [-0.2, -0.15) is 0 Å². The van der Waals surface area contributed by atoms with Crippen LogP contribution in [0.1, 0.15) is 20.3 Å². The number of β-amino-alcohol motifs (C(OH)–C–C–N with tert-alkyl or cyclic N) is 1. The van der Waals surface area contributed by atoms with E-state index < -0.39 is 0 Å². The molecule has 2 fully saturated rings. The van der Waals surface area contributed by atoms with Gasteiger partial charge in [0.15, 0.2) is 0 Å². The fourth-order valence-corrected chi connectivity index (χ4v) is 3.71. The third-order valence-corrected chi connectivity index (χ3v) is 5.32. The molecule has 0 saturated carbocycles. The van der Waals surface area contributed by atoms with Crippen LogP contribution in [0.5, 0.6) is 0 Å². The standard InChI is InChI=1S/C18H30N6O2/c1-4-15-11-23(8-7-22(15)10-14(2)25)16-9-17(20-13-19-16)24-6-5-21(3)18(26)12-24/h9,13-15,25H,4-8,10-12H2,1-3H3. The molecule has 8 nitrogen and oxygen atoms in total. The van der Waals surface area contributed by atoms with Gasteiger partial charge in [0.25, 0.3) is 0 Å². The normalized spacial score (nSPS) is 23.5. The summed E-state index contributed by atoms with van der Waals surface area (Å²) < 4.78 is 0. The van der Waals surface area contributed by atoms with Crippen molar-refractivity contribution in [3.05, 3.63) is 12.4 Å². The summed E-state index contributed by atoms with van der Waals surface area (Å²) in [6.45, 7) is 9.29. The highest BCUT2D eigenvalue weighted by molar-refractivity contribution is 5.82. The van der Waals surface area contributed by atoms with Gasteiger partial charge in [-0.1, -0.05) is 6.92 Å². The molecule has 0 bridgehead atoms. The Morgan fingerprint density at radius 2 is 1.88 bits per heavy atom. The van der Waals surface area contributed by atoms with Crippen LogP contribution < -0.4 is 9.80 Å². The summed E-state index contributed by atoms with van der Waals surface area (Å²) in [5.74, 6) is 1.85. The van der Waals surface area contributed by atoms with E-state index in [4.69, 9.17) is 0 Å². The summed E-state index contributed by atoms with van der Waals surface area (Å²) in [7, 11) is 1.84. The molecule has 3 heterocycles. The number of piperazine rings is 2. The van der Waals surface area contributed by atoms with Crippen molar-refractivity contribution in [2.75, 3.05) is 62.7 Å². The number of aromatic nitrogens is 2. The molecule has 1 N–H and O–H groups in total. The van der Waals surface area contributed by atoms with E-state index in [2.05, 4.69) is 26.7 Å². The molecule has 2 saturated heterocycles. The van der Waals surface area contributed by atoms with Gasteiger partial charge in [-0.05, 0) is 13.3 Å². The van der Waals surface area contributed by atoms with E-state index in [0.717, 1.165) is 44.2 Å². The van der Waals surface area contributed by atoms with Crippen molar-refractivity contribution in [2.24, 2.45) is 0 Å². The highest BCUT2D eigenvalue weighted by Gasteiger charge is 2.28. The van der Waals surface area contributed by atoms with Gasteiger partial charge in [-0.25, -0.2) is 9.97 Å². The zero-order valence-electron chi connectivity index (χ0n) is 16.0. The number of likely N-dealkylation sites (N-methyl/N-ethyl adjacent to an activating group) is 1. The molecule has 0 aliphatic carbocycles. The molecule has 2 unspecified atom stereocenters. The molecule has 0 spiro atoms. The molecule has 2 aliphatic heterocycles. The second-order valence-corrected chi connectivity index (χ2v) is 7.32. The van der Waals surface area contributed by atoms with Crippen LogP contribution in [0.4, 0.5) is 11.6 Å². The van der Waals surface area contributed by atoms with E-state index >= 15 is 0 Å². The van der Waals surface area contributed by atoms with Crippen molar-refractivity contribution in [2.45, 2.75) is 32.4 Å². The molecule has 26 heavy (non-hydrogen) atoms. The summed E-state index contributed by atoms with van der Waals surface area (Å²) >= 11 is 0. The number of carbonyl (C=O) groups excluding carboxylic acids is 1. The average molecular weight is 362 g/mol. The van der Waals surface area contributed by atoms with E-state index in [1.54, 1.807) is 11.2 Å². The zero-order chi connectivity index (χ0) is 18.7. The van der Waals surface area contributed by atoms with Gasteiger partial charge >= 0.3 is 0 Å². The van der Waals surface area contributed by atoms with Gasteiger partial charge in [-0.15, -0.1) is 0 Å². The van der Waals surface area contributed by atoms with E-state index in [0.29, 0.717) is 25.7 Å². The number of rotatable bonds is 5. The monoisotopic (exact) mass is 362 g/mol. The van der Waals surface area contributed by atoms with Crippen LogP contribution in [0.25, 0.3) is 0 Å². The molecule has 3 rings (SSSR count). The third kappa shape index (κ3) is 4.24. The number of carbonyl (C=O) groups is 1. The van der Waals surface area contributed by atoms with Gasteiger partial charge < -0.3 is 19.8 Å². The van der Waals surface area contributed by atoms with Gasteiger partial charge in [-0.3, -0.25) is 9.69 Å². The number of nitrogens with zero attached hydrogens (tertiary/aromatic N) is 6. The maximum atomic E-state index is 12.0. The second kappa shape index (κ2) is 8.18. The number of anilines is 2. The number of aliphatic hydroxyl groups excluding tert-OH is 1. The summed E-state index contributed by atoms with van der Waals surface area (Å²) in [5, 5.41) is 9.71. The van der Waals surface area contributed by atoms with Gasteiger partial charge in [0.2, 0.25) is 5.91 Å². The van der Waals surface area contributed by atoms with E-state index in [1.807, 2.05) is 24.9 Å². The van der Waals surface area contributed by atoms with Crippen molar-refractivity contribution >= 4 is 17.5 Å². The Bertz CT molecular complexity index is 625. The van der Waals surface area contributed by atoms with Crippen LogP contribution in [0, 0.1) is 0 Å². The summed E-state index contributed by atoms with van der Waals surface area (Å²) in [5.41, 5.74) is 0. The molecule has 2 atom stereocenters. The molecule has 144 valence electrons. The van der Waals surface area contributed by atoms with E-state index in [1.165, 1.54) is 0 Å². The van der Waals surface area contributed by atoms with Crippen molar-refractivity contribution < 1.29 is 9.90 Å². The van der Waals surface area contributed by atoms with Crippen molar-refractivity contribution in [1.29, 1.82) is 0 Å². The summed E-state index contributed by atoms with van der Waals surface area (Å²) in [6.07, 6.45) is 2.32. The molecule has 8 heteroatoms. The molecule has 1 aromatic rings. The molecule has 0 radical (unpaired) electrons. The molecule has 1 amide bonds. The van der Waals surface area contributed by atoms with E-state index in [9.17, 15) is 9.90 Å². The lowest BCUT2D eigenvalue weighted by molar-refractivity contribution is -0.129. The van der Waals surface area contributed by atoms with Crippen molar-refractivity contribution in [1.82, 2.24) is 19.8 Å². The first-order chi connectivity index (χ1) is 12.5. The summed E-state index contributed by atoms with van der Waals surface area (Å²) in [6, 6.07) is 2.40. The minimum atomic E-state index is -0.309. The lowest BCUT2D eigenvalue weighted by Crippen LogP contribution is -2.54. The average Bonchev–Trinajstić information content (AvgIpc) is 2.64. The van der Waals surface area contributed by atoms with Gasteiger partial charge in [0, 0.05) is 58.4 Å². The highest BCUT2D eigenvalue weighted by Crippen LogP contribution is 2.22. The van der Waals surface area contributed by atoms with Crippen LogP contribution >= 0.6 is 0 Å². The van der Waals surface area contributed by atoms with Crippen LogP contribution in [0.15, 0.2) is 12.4 Å². The van der Waals surface area contributed by atoms with Crippen molar-refractivity contribution in [3.63, 3.8) is 0 Å². The lowest BCUT2D eigenvalue weighted by atomic mass is 10.1. The molecule has 2 aliphatic rings. The van der Waals surface area contributed by atoms with Crippen LogP contribution in [-0.4, -0.2) is 95.8 Å². The van der Waals surface area contributed by atoms with Crippen LogP contribution in [-0.2, 0) is 4.79 Å². The predicted molar refractivity (Wildman–Crippen MR) is 101 cm³/mol. The Morgan fingerprint density at radius 3 is 2.54 bits per heavy atom. The number of hydrogen-bond acceptors (Lipinski definition) is 7. The van der Waals surface area contributed by atoms with Crippen LogP contribution in [0.2, 0.25) is 0 Å². The Morgan fingerprint density at radius 1 is 1.19 bits per heavy atom. The molecule has 1 aromatic heterocycles. The predicted octanol–water partition coefficient (Wildman–Crippen LogP) is 0.0364. The van der Waals surface area contributed by atoms with Gasteiger partial charge in [0.05, 0.1) is 12.6 Å². The number of aliphatic hydroxyl groups is 1. The first-order valence-corrected chi connectivity index (χ1v) is 9.46. The molecular weight excluding hydrogens is 332 g/mol. The maximum absolute atomic E-state index is 12.0. The first-order valence-electron chi connectivity index (χ1n) is 9.46.